The van der Waals surface area contributed by atoms with Crippen molar-refractivity contribution in [3.63, 3.8) is 0 Å². The lowest BCUT2D eigenvalue weighted by molar-refractivity contribution is -0.118. The van der Waals surface area contributed by atoms with Gasteiger partial charge in [0.2, 0.25) is 0 Å². The number of anilines is 4. The van der Waals surface area contributed by atoms with Gasteiger partial charge in [-0.15, -0.1) is 0 Å². The smallest absolute Gasteiger partial charge is 0.262 e. The van der Waals surface area contributed by atoms with Crippen LogP contribution in [-0.4, -0.2) is 18.4 Å². The van der Waals surface area contributed by atoms with Crippen molar-refractivity contribution in [3.8, 4) is 5.75 Å². The van der Waals surface area contributed by atoms with Gasteiger partial charge in [0, 0.05) is 22.1 Å². The van der Waals surface area contributed by atoms with Crippen molar-refractivity contribution in [2.75, 3.05) is 22.6 Å². The fourth-order valence-electron chi connectivity index (χ4n) is 3.64. The Morgan fingerprint density at radius 1 is 0.750 bits per heavy atom. The molecule has 0 spiro atoms. The van der Waals surface area contributed by atoms with Crippen LogP contribution in [0.5, 0.6) is 5.75 Å². The van der Waals surface area contributed by atoms with Crippen molar-refractivity contribution in [2.24, 2.45) is 0 Å². The van der Waals surface area contributed by atoms with Crippen molar-refractivity contribution in [1.82, 2.24) is 0 Å². The number of amides is 2. The van der Waals surface area contributed by atoms with Gasteiger partial charge in [-0.1, -0.05) is 41.9 Å². The molecule has 182 valence electrons. The average Bonchev–Trinajstić information content (AvgIpc) is 2.88. The Balaban J connectivity index is 1.37. The summed E-state index contributed by atoms with van der Waals surface area (Å²) < 4.78 is 5.63. The zero-order valence-electron chi connectivity index (χ0n) is 20.0. The summed E-state index contributed by atoms with van der Waals surface area (Å²) in [7, 11) is 0. The molecule has 2 amide bonds. The molecule has 4 aromatic rings. The number of halogens is 1. The summed E-state index contributed by atoms with van der Waals surface area (Å²) >= 11 is 6.19. The quantitative estimate of drug-likeness (QED) is 0.244. The van der Waals surface area contributed by atoms with E-state index in [-0.39, 0.29) is 18.4 Å². The van der Waals surface area contributed by atoms with Crippen molar-refractivity contribution in [1.29, 1.82) is 0 Å². The maximum Gasteiger partial charge on any atom is 0.262 e. The molecule has 0 heterocycles. The molecule has 7 heteroatoms. The van der Waals surface area contributed by atoms with Gasteiger partial charge in [-0.25, -0.2) is 0 Å². The molecule has 0 aliphatic carbocycles. The monoisotopic (exact) mass is 499 g/mol. The van der Waals surface area contributed by atoms with Crippen molar-refractivity contribution in [2.45, 2.75) is 13.8 Å². The maximum absolute atomic E-state index is 13.0. The summed E-state index contributed by atoms with van der Waals surface area (Å²) in [6.45, 7) is 3.56. The molecular weight excluding hydrogens is 474 g/mol. The number of rotatable bonds is 8. The zero-order chi connectivity index (χ0) is 25.5. The maximum atomic E-state index is 13.0. The van der Waals surface area contributed by atoms with E-state index in [4.69, 9.17) is 16.3 Å². The van der Waals surface area contributed by atoms with E-state index < -0.39 is 0 Å². The van der Waals surface area contributed by atoms with Crippen LogP contribution >= 0.6 is 11.6 Å². The Bertz CT molecular complexity index is 1350. The Morgan fingerprint density at radius 3 is 2.03 bits per heavy atom. The lowest BCUT2D eigenvalue weighted by atomic mass is 10.1. The Hall–Kier alpha value is -4.29. The number of aryl methyl sites for hydroxylation is 2. The molecule has 0 bridgehead atoms. The van der Waals surface area contributed by atoms with E-state index in [2.05, 4.69) is 16.0 Å². The molecule has 0 aromatic heterocycles. The number of carbonyl (C=O) groups is 2. The van der Waals surface area contributed by atoms with Gasteiger partial charge in [0.25, 0.3) is 11.8 Å². The molecule has 6 nitrogen and oxygen atoms in total. The topological polar surface area (TPSA) is 79.5 Å². The normalized spacial score (nSPS) is 10.4. The van der Waals surface area contributed by atoms with E-state index in [1.165, 1.54) is 0 Å². The fourth-order valence-corrected chi connectivity index (χ4v) is 3.75. The second-order valence-corrected chi connectivity index (χ2v) is 8.65. The fraction of sp³-hybridized carbons (Fsp3) is 0.103. The van der Waals surface area contributed by atoms with Crippen LogP contribution in [0.4, 0.5) is 22.7 Å². The van der Waals surface area contributed by atoms with Crippen LogP contribution in [0.25, 0.3) is 0 Å². The average molecular weight is 500 g/mol. The summed E-state index contributed by atoms with van der Waals surface area (Å²) in [6, 6.07) is 27.6. The van der Waals surface area contributed by atoms with Gasteiger partial charge < -0.3 is 20.7 Å². The van der Waals surface area contributed by atoms with Crippen LogP contribution < -0.4 is 20.7 Å². The number of benzene rings is 4. The van der Waals surface area contributed by atoms with Gasteiger partial charge in [-0.3, -0.25) is 9.59 Å². The Kier molecular flexibility index (Phi) is 7.88. The van der Waals surface area contributed by atoms with E-state index in [9.17, 15) is 9.59 Å². The molecule has 0 saturated carbocycles. The van der Waals surface area contributed by atoms with Crippen LogP contribution in [0, 0.1) is 13.8 Å². The molecule has 0 fully saturated rings. The molecule has 0 atom stereocenters. The summed E-state index contributed by atoms with van der Waals surface area (Å²) in [6.07, 6.45) is 0. The van der Waals surface area contributed by atoms with Crippen molar-refractivity contribution < 1.29 is 14.3 Å². The van der Waals surface area contributed by atoms with Crippen LogP contribution in [0.2, 0.25) is 5.02 Å². The molecule has 36 heavy (non-hydrogen) atoms. The standard InChI is InChI=1S/C29H26ClN3O3/c1-19-16-24(17-20(2)28(19)30)36-18-27(34)33-26-11-7-6-10-25(26)29(35)32-23-14-12-22(13-15-23)31-21-8-4-3-5-9-21/h3-17,31H,18H2,1-2H3,(H,32,35)(H,33,34). The van der Waals surface area contributed by atoms with E-state index >= 15 is 0 Å². The van der Waals surface area contributed by atoms with Crippen molar-refractivity contribution in [3.05, 3.63) is 113 Å². The summed E-state index contributed by atoms with van der Waals surface area (Å²) in [4.78, 5) is 25.5. The minimum Gasteiger partial charge on any atom is -0.484 e. The van der Waals surface area contributed by atoms with Crippen LogP contribution in [0.1, 0.15) is 21.5 Å². The zero-order valence-corrected chi connectivity index (χ0v) is 20.7. The van der Waals surface area contributed by atoms with E-state index in [1.54, 1.807) is 36.4 Å². The lowest BCUT2D eigenvalue weighted by Gasteiger charge is -2.13. The number of carbonyl (C=O) groups excluding carboxylic acids is 2. The Labute approximate surface area is 215 Å². The van der Waals surface area contributed by atoms with Gasteiger partial charge >= 0.3 is 0 Å². The first kappa shape index (κ1) is 24.8. The molecule has 4 rings (SSSR count). The summed E-state index contributed by atoms with van der Waals surface area (Å²) in [5.74, 6) is -0.155. The predicted molar refractivity (Wildman–Crippen MR) is 146 cm³/mol. The second-order valence-electron chi connectivity index (χ2n) is 8.28. The van der Waals surface area contributed by atoms with E-state index in [1.807, 2.05) is 68.4 Å². The summed E-state index contributed by atoms with van der Waals surface area (Å²) in [5, 5.41) is 9.62. The van der Waals surface area contributed by atoms with Crippen LogP contribution in [0.15, 0.2) is 91.0 Å². The Morgan fingerprint density at radius 2 is 1.33 bits per heavy atom. The minimum absolute atomic E-state index is 0.202. The number of hydrogen-bond acceptors (Lipinski definition) is 4. The highest BCUT2D eigenvalue weighted by molar-refractivity contribution is 6.32. The molecular formula is C29H26ClN3O3. The molecule has 0 aliphatic heterocycles. The van der Waals surface area contributed by atoms with Crippen molar-refractivity contribution >= 4 is 46.2 Å². The number of ether oxygens (including phenoxy) is 1. The minimum atomic E-state index is -0.378. The molecule has 0 aliphatic rings. The summed E-state index contributed by atoms with van der Waals surface area (Å²) in [5.41, 5.74) is 5.00. The first-order chi connectivity index (χ1) is 17.4. The molecule has 4 aromatic carbocycles. The third-order valence-electron chi connectivity index (χ3n) is 5.43. The van der Waals surface area contributed by atoms with Gasteiger partial charge in [0.05, 0.1) is 11.3 Å². The number of para-hydroxylation sites is 2. The second kappa shape index (κ2) is 11.4. The highest BCUT2D eigenvalue weighted by Crippen LogP contribution is 2.26. The third kappa shape index (κ3) is 6.43. The number of nitrogens with one attached hydrogen (secondary N) is 3. The first-order valence-corrected chi connectivity index (χ1v) is 11.8. The molecule has 3 N–H and O–H groups in total. The first-order valence-electron chi connectivity index (χ1n) is 11.4. The predicted octanol–water partition coefficient (Wildman–Crippen LogP) is 6.97. The van der Waals surface area contributed by atoms with Crippen LogP contribution in [0.3, 0.4) is 0 Å². The largest absolute Gasteiger partial charge is 0.484 e. The van der Waals surface area contributed by atoms with Gasteiger partial charge in [0.15, 0.2) is 6.61 Å². The third-order valence-corrected chi connectivity index (χ3v) is 6.03. The van der Waals surface area contributed by atoms with Gasteiger partial charge in [-0.05, 0) is 85.6 Å². The highest BCUT2D eigenvalue weighted by atomic mass is 35.5. The lowest BCUT2D eigenvalue weighted by Crippen LogP contribution is -2.22. The number of hydrogen-bond donors (Lipinski definition) is 3. The molecule has 0 saturated heterocycles. The van der Waals surface area contributed by atoms with Gasteiger partial charge in [-0.2, -0.15) is 0 Å². The van der Waals surface area contributed by atoms with E-state index in [0.29, 0.717) is 27.7 Å². The van der Waals surface area contributed by atoms with E-state index in [0.717, 1.165) is 22.5 Å². The highest BCUT2D eigenvalue weighted by Gasteiger charge is 2.14. The van der Waals surface area contributed by atoms with Gasteiger partial charge in [0.1, 0.15) is 5.75 Å². The van der Waals surface area contributed by atoms with Crippen LogP contribution in [-0.2, 0) is 4.79 Å². The SMILES string of the molecule is Cc1cc(OCC(=O)Nc2ccccc2C(=O)Nc2ccc(Nc3ccccc3)cc2)cc(C)c1Cl. The molecule has 0 unspecified atom stereocenters. The molecule has 0 radical (unpaired) electrons.